The molecule has 2 saturated heterocycles. The van der Waals surface area contributed by atoms with Crippen molar-refractivity contribution >= 4 is 17.7 Å². The van der Waals surface area contributed by atoms with Gasteiger partial charge in [0.1, 0.15) is 5.57 Å². The highest BCUT2D eigenvalue weighted by Gasteiger charge is 2.37. The Morgan fingerprint density at radius 3 is 1.93 bits per heavy atom. The van der Waals surface area contributed by atoms with E-state index in [0.717, 1.165) is 0 Å². The van der Waals surface area contributed by atoms with E-state index in [1.54, 1.807) is 6.92 Å². The van der Waals surface area contributed by atoms with Crippen LogP contribution >= 0.6 is 0 Å². The average Bonchev–Trinajstić information content (AvgIpc) is 2.60. The summed E-state index contributed by atoms with van der Waals surface area (Å²) in [6.45, 7) is 1.68. The number of amides is 3. The number of hydrogen-bond acceptors (Lipinski definition) is 4. The van der Waals surface area contributed by atoms with E-state index in [4.69, 9.17) is 0 Å². The Hall–Kier alpha value is -1.89. The van der Waals surface area contributed by atoms with Gasteiger partial charge >= 0.3 is 0 Å². The first-order valence-electron chi connectivity index (χ1n) is 4.02. The van der Waals surface area contributed by atoms with Crippen LogP contribution in [0.1, 0.15) is 6.92 Å². The Morgan fingerprint density at radius 2 is 1.50 bits per heavy atom. The Labute approximate surface area is 78.9 Å². The monoisotopic (exact) mass is 196 g/mol. The van der Waals surface area contributed by atoms with Gasteiger partial charge in [-0.15, -0.1) is 0 Å². The van der Waals surface area contributed by atoms with E-state index in [9.17, 15) is 14.4 Å². The summed E-state index contributed by atoms with van der Waals surface area (Å²) >= 11 is 0. The van der Waals surface area contributed by atoms with Gasteiger partial charge in [0.25, 0.3) is 17.7 Å². The molecule has 1 atom stereocenters. The lowest BCUT2D eigenvalue weighted by molar-refractivity contribution is -0.120. The van der Waals surface area contributed by atoms with Gasteiger partial charge < -0.3 is 0 Å². The Balaban J connectivity index is 2.52. The van der Waals surface area contributed by atoms with Crippen molar-refractivity contribution in [2.45, 2.75) is 13.0 Å². The van der Waals surface area contributed by atoms with Crippen LogP contribution in [-0.4, -0.2) is 23.8 Å². The van der Waals surface area contributed by atoms with Crippen LogP contribution in [-0.2, 0) is 14.4 Å². The second-order valence-corrected chi connectivity index (χ2v) is 3.02. The fourth-order valence-electron chi connectivity index (χ4n) is 1.43. The number of nitrogens with one attached hydrogen (secondary N) is 4. The summed E-state index contributed by atoms with van der Waals surface area (Å²) in [6.07, 6.45) is 0. The third-order valence-corrected chi connectivity index (χ3v) is 2.09. The largest absolute Gasteiger partial charge is 0.287 e. The number of carbonyl (C=O) groups excluding carboxylic acids is 3. The van der Waals surface area contributed by atoms with E-state index >= 15 is 0 Å². The van der Waals surface area contributed by atoms with Crippen LogP contribution in [0.4, 0.5) is 0 Å². The molecule has 7 nitrogen and oxygen atoms in total. The van der Waals surface area contributed by atoms with Crippen LogP contribution in [0.25, 0.3) is 0 Å². The molecular weight excluding hydrogens is 188 g/mol. The zero-order valence-electron chi connectivity index (χ0n) is 7.30. The molecule has 2 heterocycles. The summed E-state index contributed by atoms with van der Waals surface area (Å²) in [5.41, 5.74) is 9.26. The normalized spacial score (nSPS) is 26.4. The summed E-state index contributed by atoms with van der Waals surface area (Å²) < 4.78 is 0. The summed E-state index contributed by atoms with van der Waals surface area (Å²) in [7, 11) is 0. The molecule has 2 fully saturated rings. The molecule has 0 spiro atoms. The van der Waals surface area contributed by atoms with Crippen molar-refractivity contribution in [1.82, 2.24) is 21.7 Å². The molecule has 7 heteroatoms. The topological polar surface area (TPSA) is 99.3 Å². The van der Waals surface area contributed by atoms with Crippen LogP contribution < -0.4 is 21.7 Å². The first-order valence-corrected chi connectivity index (χ1v) is 4.02. The summed E-state index contributed by atoms with van der Waals surface area (Å²) in [6, 6.07) is -0.355. The molecule has 0 aromatic heterocycles. The minimum atomic E-state index is -0.573. The van der Waals surface area contributed by atoms with Gasteiger partial charge in [0.05, 0.1) is 11.6 Å². The maximum absolute atomic E-state index is 11.3. The molecule has 0 aliphatic carbocycles. The third-order valence-electron chi connectivity index (χ3n) is 2.09. The average molecular weight is 196 g/mol. The molecule has 0 radical (unpaired) electrons. The van der Waals surface area contributed by atoms with E-state index in [1.807, 2.05) is 0 Å². The lowest BCUT2D eigenvalue weighted by Crippen LogP contribution is -2.29. The lowest BCUT2D eigenvalue weighted by Gasteiger charge is -2.01. The molecule has 14 heavy (non-hydrogen) atoms. The zero-order valence-corrected chi connectivity index (χ0v) is 7.30. The van der Waals surface area contributed by atoms with Crippen molar-refractivity contribution in [3.63, 3.8) is 0 Å². The summed E-state index contributed by atoms with van der Waals surface area (Å²) in [5, 5.41) is 0. The molecule has 3 amide bonds. The summed E-state index contributed by atoms with van der Waals surface area (Å²) in [5.74, 6) is -1.59. The van der Waals surface area contributed by atoms with Gasteiger partial charge in [-0.3, -0.25) is 30.7 Å². The SMILES string of the molecule is CC1NNC(=O)C1=C1C(=O)NNC1=O. The van der Waals surface area contributed by atoms with Gasteiger partial charge in [0.2, 0.25) is 0 Å². The molecule has 0 saturated carbocycles. The van der Waals surface area contributed by atoms with Crippen molar-refractivity contribution in [2.75, 3.05) is 0 Å². The zero-order chi connectivity index (χ0) is 10.3. The van der Waals surface area contributed by atoms with Crippen molar-refractivity contribution in [1.29, 1.82) is 0 Å². The molecule has 1 unspecified atom stereocenters. The fraction of sp³-hybridized carbons (Fsp3) is 0.286. The predicted molar refractivity (Wildman–Crippen MR) is 44.1 cm³/mol. The molecule has 74 valence electrons. The van der Waals surface area contributed by atoms with Crippen molar-refractivity contribution < 1.29 is 14.4 Å². The third kappa shape index (κ3) is 1.06. The highest BCUT2D eigenvalue weighted by Crippen LogP contribution is 2.15. The van der Waals surface area contributed by atoms with Gasteiger partial charge in [-0.25, -0.2) is 5.43 Å². The van der Waals surface area contributed by atoms with Crippen LogP contribution in [0.15, 0.2) is 11.1 Å². The van der Waals surface area contributed by atoms with Gasteiger partial charge in [-0.1, -0.05) is 0 Å². The molecule has 2 rings (SSSR count). The van der Waals surface area contributed by atoms with Crippen molar-refractivity contribution in [3.8, 4) is 0 Å². The molecule has 0 aromatic carbocycles. The van der Waals surface area contributed by atoms with E-state index in [2.05, 4.69) is 21.7 Å². The van der Waals surface area contributed by atoms with Gasteiger partial charge in [0.15, 0.2) is 0 Å². The maximum atomic E-state index is 11.3. The second kappa shape index (κ2) is 2.81. The molecule has 0 bridgehead atoms. The quantitative estimate of drug-likeness (QED) is 0.253. The van der Waals surface area contributed by atoms with E-state index in [1.165, 1.54) is 0 Å². The fourth-order valence-corrected chi connectivity index (χ4v) is 1.43. The Morgan fingerprint density at radius 1 is 0.929 bits per heavy atom. The second-order valence-electron chi connectivity index (χ2n) is 3.02. The minimum Gasteiger partial charge on any atom is -0.287 e. The Kier molecular flexibility index (Phi) is 1.74. The van der Waals surface area contributed by atoms with Gasteiger partial charge in [-0.2, -0.15) is 0 Å². The van der Waals surface area contributed by atoms with E-state index < -0.39 is 17.7 Å². The van der Waals surface area contributed by atoms with Crippen LogP contribution in [0.5, 0.6) is 0 Å². The van der Waals surface area contributed by atoms with Gasteiger partial charge in [-0.05, 0) is 6.92 Å². The number of hydrogen-bond donors (Lipinski definition) is 4. The highest BCUT2D eigenvalue weighted by molar-refractivity contribution is 6.27. The van der Waals surface area contributed by atoms with Crippen LogP contribution in [0.2, 0.25) is 0 Å². The van der Waals surface area contributed by atoms with Crippen LogP contribution in [0.3, 0.4) is 0 Å². The number of rotatable bonds is 0. The van der Waals surface area contributed by atoms with Crippen molar-refractivity contribution in [2.24, 2.45) is 0 Å². The van der Waals surface area contributed by atoms with Crippen molar-refractivity contribution in [3.05, 3.63) is 11.1 Å². The van der Waals surface area contributed by atoms with Gasteiger partial charge in [0, 0.05) is 0 Å². The molecule has 2 aliphatic rings. The summed E-state index contributed by atoms with van der Waals surface area (Å²) in [4.78, 5) is 33.7. The molecule has 0 aromatic rings. The van der Waals surface area contributed by atoms with E-state index in [-0.39, 0.29) is 17.2 Å². The number of hydrazine groups is 2. The smallest absolute Gasteiger partial charge is 0.275 e. The molecule has 2 aliphatic heterocycles. The molecule has 4 N–H and O–H groups in total. The van der Waals surface area contributed by atoms with Crippen LogP contribution in [0, 0.1) is 0 Å². The minimum absolute atomic E-state index is 0.125. The lowest BCUT2D eigenvalue weighted by atomic mass is 10.0. The number of carbonyl (C=O) groups is 3. The maximum Gasteiger partial charge on any atom is 0.275 e. The van der Waals surface area contributed by atoms with E-state index in [0.29, 0.717) is 0 Å². The predicted octanol–water partition coefficient (Wildman–Crippen LogP) is -2.53. The first kappa shape index (κ1) is 8.70. The first-order chi connectivity index (χ1) is 6.61. The standard InChI is InChI=1S/C7H8N4O3/c1-2-3(5(12)9-8-2)4-6(13)10-11-7(4)14/h2,8H,1H3,(H,9,12)(H,10,13)(H,11,14). The molecular formula is C7H8N4O3. The Bertz CT molecular complexity index is 355. The highest BCUT2D eigenvalue weighted by atomic mass is 16.2.